The van der Waals surface area contributed by atoms with E-state index < -0.39 is 5.97 Å². The van der Waals surface area contributed by atoms with Crippen LogP contribution in [0.4, 0.5) is 0 Å². The van der Waals surface area contributed by atoms with Gasteiger partial charge in [-0.1, -0.05) is 24.3 Å². The largest absolute Gasteiger partial charge is 0.496 e. The van der Waals surface area contributed by atoms with Crippen molar-refractivity contribution in [3.8, 4) is 5.75 Å². The number of fused-ring (bicyclic) bond motifs is 1. The molecule has 0 bridgehead atoms. The van der Waals surface area contributed by atoms with E-state index in [4.69, 9.17) is 9.47 Å². The third-order valence-electron chi connectivity index (χ3n) is 5.00. The number of benzene rings is 2. The number of carbonyl (C=O) groups excluding carboxylic acids is 3. The molecule has 0 unspecified atom stereocenters. The Labute approximate surface area is 170 Å². The maximum absolute atomic E-state index is 12.3. The van der Waals surface area contributed by atoms with Gasteiger partial charge in [-0.05, 0) is 55.0 Å². The van der Waals surface area contributed by atoms with Crippen LogP contribution in [0.5, 0.6) is 5.75 Å². The van der Waals surface area contributed by atoms with Crippen molar-refractivity contribution in [3.63, 3.8) is 0 Å². The minimum atomic E-state index is -0.531. The summed E-state index contributed by atoms with van der Waals surface area (Å²) in [6.07, 6.45) is 4.35. The molecule has 0 radical (unpaired) electrons. The molecule has 0 atom stereocenters. The molecule has 1 aliphatic carbocycles. The van der Waals surface area contributed by atoms with E-state index in [9.17, 15) is 14.4 Å². The molecule has 1 amide bonds. The maximum Gasteiger partial charge on any atom is 0.308 e. The summed E-state index contributed by atoms with van der Waals surface area (Å²) in [5.74, 6) is -0.620. The molecule has 0 heterocycles. The average molecular weight is 395 g/mol. The number of ether oxygens (including phenoxy) is 2. The molecule has 0 fully saturated rings. The van der Waals surface area contributed by atoms with Crippen molar-refractivity contribution < 1.29 is 23.9 Å². The van der Waals surface area contributed by atoms with Crippen LogP contribution in [0.15, 0.2) is 42.5 Å². The van der Waals surface area contributed by atoms with Crippen molar-refractivity contribution in [2.75, 3.05) is 20.3 Å². The fourth-order valence-electron chi connectivity index (χ4n) is 3.41. The third kappa shape index (κ3) is 5.44. The maximum atomic E-state index is 12.3. The molecule has 0 saturated carbocycles. The number of Topliss-reactive ketones (excluding diaryl/α,β-unsaturated/α-hetero) is 1. The van der Waals surface area contributed by atoms with E-state index in [0.717, 1.165) is 19.3 Å². The van der Waals surface area contributed by atoms with Crippen molar-refractivity contribution in [3.05, 3.63) is 64.7 Å². The molecule has 0 aliphatic heterocycles. The second kappa shape index (κ2) is 9.87. The Bertz CT molecular complexity index is 906. The summed E-state index contributed by atoms with van der Waals surface area (Å²) in [7, 11) is 1.49. The monoisotopic (exact) mass is 395 g/mol. The third-order valence-corrected chi connectivity index (χ3v) is 5.00. The van der Waals surface area contributed by atoms with Gasteiger partial charge in [0, 0.05) is 12.1 Å². The van der Waals surface area contributed by atoms with E-state index >= 15 is 0 Å². The Morgan fingerprint density at radius 1 is 1.00 bits per heavy atom. The molecule has 152 valence electrons. The van der Waals surface area contributed by atoms with Crippen molar-refractivity contribution >= 4 is 17.7 Å². The van der Waals surface area contributed by atoms with Crippen molar-refractivity contribution in [2.24, 2.45) is 0 Å². The number of amides is 1. The lowest BCUT2D eigenvalue weighted by Gasteiger charge is -2.16. The first-order valence-electron chi connectivity index (χ1n) is 9.80. The highest BCUT2D eigenvalue weighted by molar-refractivity contribution is 5.98. The summed E-state index contributed by atoms with van der Waals surface area (Å²) in [6.45, 7) is -0.180. The lowest BCUT2D eigenvalue weighted by atomic mass is 9.90. The lowest BCUT2D eigenvalue weighted by Crippen LogP contribution is -2.27. The molecule has 3 rings (SSSR count). The Hall–Kier alpha value is -3.15. The molecule has 0 spiro atoms. The van der Waals surface area contributed by atoms with Gasteiger partial charge in [-0.2, -0.15) is 0 Å². The summed E-state index contributed by atoms with van der Waals surface area (Å²) in [4.78, 5) is 36.4. The van der Waals surface area contributed by atoms with Gasteiger partial charge in [0.2, 0.25) is 0 Å². The summed E-state index contributed by atoms with van der Waals surface area (Å²) in [6, 6.07) is 12.5. The average Bonchev–Trinajstić information content (AvgIpc) is 2.76. The Kier molecular flexibility index (Phi) is 7.00. The van der Waals surface area contributed by atoms with Gasteiger partial charge in [0.05, 0.1) is 19.1 Å². The Morgan fingerprint density at radius 3 is 2.55 bits per heavy atom. The lowest BCUT2D eigenvalue weighted by molar-refractivity contribution is -0.142. The number of carbonyl (C=O) groups is 3. The molecule has 2 aromatic rings. The minimum absolute atomic E-state index is 0.0155. The second-order valence-electron chi connectivity index (χ2n) is 6.98. The number of hydrogen-bond acceptors (Lipinski definition) is 5. The van der Waals surface area contributed by atoms with E-state index in [1.165, 1.54) is 24.7 Å². The van der Waals surface area contributed by atoms with Gasteiger partial charge in [0.1, 0.15) is 5.75 Å². The first kappa shape index (κ1) is 20.6. The van der Waals surface area contributed by atoms with Gasteiger partial charge in [0.25, 0.3) is 5.91 Å². The summed E-state index contributed by atoms with van der Waals surface area (Å²) in [5.41, 5.74) is 3.48. The van der Waals surface area contributed by atoms with Crippen LogP contribution in [0.2, 0.25) is 0 Å². The molecular formula is C23H25NO5. The first-order chi connectivity index (χ1) is 14.1. The van der Waals surface area contributed by atoms with Crippen LogP contribution in [-0.4, -0.2) is 37.9 Å². The highest BCUT2D eigenvalue weighted by Crippen LogP contribution is 2.22. The number of aryl methyl sites for hydroxylation is 2. The topological polar surface area (TPSA) is 81.7 Å². The van der Waals surface area contributed by atoms with Gasteiger partial charge < -0.3 is 14.8 Å². The van der Waals surface area contributed by atoms with Gasteiger partial charge in [0.15, 0.2) is 12.4 Å². The van der Waals surface area contributed by atoms with E-state index in [1.54, 1.807) is 30.3 Å². The number of rotatable bonds is 8. The van der Waals surface area contributed by atoms with Crippen molar-refractivity contribution in [1.29, 1.82) is 0 Å². The van der Waals surface area contributed by atoms with Crippen molar-refractivity contribution in [2.45, 2.75) is 32.1 Å². The van der Waals surface area contributed by atoms with E-state index in [-0.39, 0.29) is 31.3 Å². The number of hydrogen-bond donors (Lipinski definition) is 1. The van der Waals surface area contributed by atoms with Crippen LogP contribution in [0.3, 0.4) is 0 Å². The zero-order valence-electron chi connectivity index (χ0n) is 16.5. The minimum Gasteiger partial charge on any atom is -0.496 e. The van der Waals surface area contributed by atoms with Gasteiger partial charge in [-0.15, -0.1) is 0 Å². The number of esters is 1. The molecule has 1 aliphatic rings. The highest BCUT2D eigenvalue weighted by atomic mass is 16.5. The fourth-order valence-corrected chi connectivity index (χ4v) is 3.41. The normalized spacial score (nSPS) is 12.6. The number of ketones is 1. The number of para-hydroxylation sites is 1. The fraction of sp³-hybridized carbons (Fsp3) is 0.348. The SMILES string of the molecule is COc1ccccc1C(=O)NCCC(=O)OCC(=O)c1ccc2c(c1)CCCC2. The van der Waals surface area contributed by atoms with Gasteiger partial charge in [-0.3, -0.25) is 14.4 Å². The summed E-state index contributed by atoms with van der Waals surface area (Å²) in [5, 5.41) is 2.65. The Balaban J connectivity index is 1.43. The quantitative estimate of drug-likeness (QED) is 0.549. The zero-order valence-corrected chi connectivity index (χ0v) is 16.5. The molecule has 0 saturated heterocycles. The molecule has 2 aromatic carbocycles. The number of methoxy groups -OCH3 is 1. The highest BCUT2D eigenvalue weighted by Gasteiger charge is 2.15. The van der Waals surface area contributed by atoms with Crippen molar-refractivity contribution in [1.82, 2.24) is 5.32 Å². The van der Waals surface area contributed by atoms with Crippen LogP contribution in [0, 0.1) is 0 Å². The predicted molar refractivity (Wildman–Crippen MR) is 108 cm³/mol. The van der Waals surface area contributed by atoms with E-state index in [2.05, 4.69) is 5.32 Å². The predicted octanol–water partition coefficient (Wildman–Crippen LogP) is 3.12. The molecule has 29 heavy (non-hydrogen) atoms. The zero-order chi connectivity index (χ0) is 20.6. The van der Waals surface area contributed by atoms with Crippen LogP contribution in [0.25, 0.3) is 0 Å². The smallest absolute Gasteiger partial charge is 0.308 e. The van der Waals surface area contributed by atoms with E-state index in [1.807, 2.05) is 12.1 Å². The van der Waals surface area contributed by atoms with Crippen LogP contribution >= 0.6 is 0 Å². The van der Waals surface area contributed by atoms with E-state index in [0.29, 0.717) is 16.9 Å². The molecule has 6 heteroatoms. The Morgan fingerprint density at radius 2 is 1.76 bits per heavy atom. The van der Waals surface area contributed by atoms with Crippen LogP contribution < -0.4 is 10.1 Å². The summed E-state index contributed by atoms with van der Waals surface area (Å²) < 4.78 is 10.2. The van der Waals surface area contributed by atoms with Crippen LogP contribution in [-0.2, 0) is 22.4 Å². The molecule has 6 nitrogen and oxygen atoms in total. The first-order valence-corrected chi connectivity index (χ1v) is 9.80. The van der Waals surface area contributed by atoms with Crippen LogP contribution in [0.1, 0.15) is 51.1 Å². The van der Waals surface area contributed by atoms with Gasteiger partial charge >= 0.3 is 5.97 Å². The molecular weight excluding hydrogens is 370 g/mol. The summed E-state index contributed by atoms with van der Waals surface area (Å²) >= 11 is 0. The number of nitrogens with one attached hydrogen (secondary N) is 1. The molecule has 0 aromatic heterocycles. The second-order valence-corrected chi connectivity index (χ2v) is 6.98. The molecule has 1 N–H and O–H groups in total. The van der Waals surface area contributed by atoms with Gasteiger partial charge in [-0.25, -0.2) is 0 Å². The standard InChI is InChI=1S/C23H25NO5/c1-28-21-9-5-4-8-19(21)23(27)24-13-12-22(26)29-15-20(25)18-11-10-16-6-2-3-7-17(16)14-18/h4-5,8-11,14H,2-3,6-7,12-13,15H2,1H3,(H,24,27).